The first-order valence-electron chi connectivity index (χ1n) is 6.08. The second kappa shape index (κ2) is 7.64. The van der Waals surface area contributed by atoms with Crippen molar-refractivity contribution < 1.29 is 23.9 Å². The van der Waals surface area contributed by atoms with E-state index in [4.69, 9.17) is 11.6 Å². The van der Waals surface area contributed by atoms with Crippen molar-refractivity contribution in [1.82, 2.24) is 4.90 Å². The van der Waals surface area contributed by atoms with Gasteiger partial charge in [0.25, 0.3) is 5.91 Å². The fourth-order valence-electron chi connectivity index (χ4n) is 1.55. The molecular formula is C14H16ClNO5. The van der Waals surface area contributed by atoms with E-state index in [1.54, 1.807) is 19.1 Å². The van der Waals surface area contributed by atoms with Gasteiger partial charge in [0.05, 0.1) is 14.2 Å². The fourth-order valence-corrected chi connectivity index (χ4v) is 1.73. The highest BCUT2D eigenvalue weighted by atomic mass is 35.5. The zero-order valence-corrected chi connectivity index (χ0v) is 12.8. The Labute approximate surface area is 127 Å². The highest BCUT2D eigenvalue weighted by molar-refractivity contribution is 6.31. The number of rotatable bonds is 5. The summed E-state index contributed by atoms with van der Waals surface area (Å²) in [4.78, 5) is 36.1. The average molecular weight is 314 g/mol. The molecule has 0 spiro atoms. The molecule has 0 aliphatic carbocycles. The summed E-state index contributed by atoms with van der Waals surface area (Å²) in [6.45, 7) is 1.10. The third-order valence-corrected chi connectivity index (χ3v) is 3.21. The topological polar surface area (TPSA) is 72.9 Å². The lowest BCUT2D eigenvalue weighted by Gasteiger charge is -2.20. The zero-order chi connectivity index (χ0) is 16.0. The molecule has 0 aliphatic heterocycles. The second-order valence-corrected chi connectivity index (χ2v) is 4.68. The number of carbonyl (C=O) groups is 3. The van der Waals surface area contributed by atoms with Crippen LogP contribution in [0.4, 0.5) is 0 Å². The van der Waals surface area contributed by atoms with Crippen LogP contribution < -0.4 is 0 Å². The summed E-state index contributed by atoms with van der Waals surface area (Å²) in [6.07, 6.45) is 0. The summed E-state index contributed by atoms with van der Waals surface area (Å²) < 4.78 is 9.03. The molecule has 0 saturated carbocycles. The van der Waals surface area contributed by atoms with Gasteiger partial charge in [0.1, 0.15) is 13.1 Å². The van der Waals surface area contributed by atoms with Crippen molar-refractivity contribution in [3.8, 4) is 0 Å². The van der Waals surface area contributed by atoms with Gasteiger partial charge in [-0.15, -0.1) is 0 Å². The molecule has 0 aliphatic rings. The van der Waals surface area contributed by atoms with Gasteiger partial charge in [-0.3, -0.25) is 14.4 Å². The Kier molecular flexibility index (Phi) is 6.17. The van der Waals surface area contributed by atoms with Crippen LogP contribution in [0.15, 0.2) is 18.2 Å². The quantitative estimate of drug-likeness (QED) is 0.769. The van der Waals surface area contributed by atoms with E-state index < -0.39 is 17.8 Å². The number of hydrogen-bond acceptors (Lipinski definition) is 5. The van der Waals surface area contributed by atoms with Gasteiger partial charge in [-0.05, 0) is 24.6 Å². The first-order chi connectivity index (χ1) is 9.88. The van der Waals surface area contributed by atoms with Gasteiger partial charge in [0.15, 0.2) is 0 Å². The number of ether oxygens (including phenoxy) is 2. The Morgan fingerprint density at radius 3 is 2.05 bits per heavy atom. The van der Waals surface area contributed by atoms with Crippen LogP contribution in [0.2, 0.25) is 5.02 Å². The molecule has 21 heavy (non-hydrogen) atoms. The van der Waals surface area contributed by atoms with Crippen molar-refractivity contribution in [2.75, 3.05) is 27.3 Å². The van der Waals surface area contributed by atoms with Crippen LogP contribution in [0.25, 0.3) is 0 Å². The highest BCUT2D eigenvalue weighted by Crippen LogP contribution is 2.18. The van der Waals surface area contributed by atoms with Gasteiger partial charge in [-0.1, -0.05) is 17.7 Å². The Morgan fingerprint density at radius 2 is 1.62 bits per heavy atom. The fraction of sp³-hybridized carbons (Fsp3) is 0.357. The summed E-state index contributed by atoms with van der Waals surface area (Å²) in [7, 11) is 2.40. The van der Waals surface area contributed by atoms with Crippen LogP contribution in [0.3, 0.4) is 0 Å². The lowest BCUT2D eigenvalue weighted by molar-refractivity contribution is -0.144. The van der Waals surface area contributed by atoms with Crippen molar-refractivity contribution in [2.45, 2.75) is 6.92 Å². The minimum absolute atomic E-state index is 0.276. The maximum Gasteiger partial charge on any atom is 0.325 e. The Morgan fingerprint density at radius 1 is 1.10 bits per heavy atom. The number of carbonyl (C=O) groups excluding carboxylic acids is 3. The lowest BCUT2D eigenvalue weighted by atomic mass is 10.1. The van der Waals surface area contributed by atoms with E-state index >= 15 is 0 Å². The number of benzene rings is 1. The molecule has 0 bridgehead atoms. The van der Waals surface area contributed by atoms with Crippen LogP contribution in [0, 0.1) is 6.92 Å². The summed E-state index contributed by atoms with van der Waals surface area (Å²) in [5.41, 5.74) is 1.10. The molecule has 0 saturated heterocycles. The largest absolute Gasteiger partial charge is 0.468 e. The summed E-state index contributed by atoms with van der Waals surface area (Å²) >= 11 is 5.97. The van der Waals surface area contributed by atoms with Gasteiger partial charge in [0.2, 0.25) is 0 Å². The molecule has 0 atom stereocenters. The van der Waals surface area contributed by atoms with Crippen LogP contribution in [-0.2, 0) is 19.1 Å². The molecule has 1 amide bonds. The predicted molar refractivity (Wildman–Crippen MR) is 76.1 cm³/mol. The number of nitrogens with zero attached hydrogens (tertiary/aromatic N) is 1. The number of methoxy groups -OCH3 is 2. The normalized spacial score (nSPS) is 9.90. The van der Waals surface area contributed by atoms with Gasteiger partial charge >= 0.3 is 11.9 Å². The minimum Gasteiger partial charge on any atom is -0.468 e. The maximum absolute atomic E-state index is 12.4. The molecule has 0 N–H and O–H groups in total. The standard InChI is InChI=1S/C14H16ClNO5/c1-9-4-5-10(6-11(9)15)14(19)16(7-12(17)20-2)8-13(18)21-3/h4-6H,7-8H2,1-3H3. The van der Waals surface area contributed by atoms with Crippen molar-refractivity contribution in [3.05, 3.63) is 34.3 Å². The highest BCUT2D eigenvalue weighted by Gasteiger charge is 2.22. The molecule has 114 valence electrons. The Balaban J connectivity index is 2.99. The van der Waals surface area contributed by atoms with Gasteiger partial charge in [0, 0.05) is 10.6 Å². The SMILES string of the molecule is COC(=O)CN(CC(=O)OC)C(=O)c1ccc(C)c(Cl)c1. The van der Waals surface area contributed by atoms with Crippen LogP contribution in [0.1, 0.15) is 15.9 Å². The van der Waals surface area contributed by atoms with E-state index in [0.717, 1.165) is 10.5 Å². The molecular weight excluding hydrogens is 298 g/mol. The number of halogens is 1. The van der Waals surface area contributed by atoms with Gasteiger partial charge in [-0.2, -0.15) is 0 Å². The van der Waals surface area contributed by atoms with E-state index in [-0.39, 0.29) is 18.7 Å². The van der Waals surface area contributed by atoms with Crippen molar-refractivity contribution >= 4 is 29.4 Å². The smallest absolute Gasteiger partial charge is 0.325 e. The molecule has 0 fully saturated rings. The second-order valence-electron chi connectivity index (χ2n) is 4.28. The molecule has 0 unspecified atom stereocenters. The van der Waals surface area contributed by atoms with Gasteiger partial charge in [-0.25, -0.2) is 0 Å². The van der Waals surface area contributed by atoms with E-state index in [9.17, 15) is 14.4 Å². The summed E-state index contributed by atoms with van der Waals surface area (Å²) in [6, 6.07) is 4.75. The lowest BCUT2D eigenvalue weighted by Crippen LogP contribution is -2.40. The number of aryl methyl sites for hydroxylation is 1. The van der Waals surface area contributed by atoms with E-state index in [2.05, 4.69) is 9.47 Å². The summed E-state index contributed by atoms with van der Waals surface area (Å²) in [5.74, 6) is -1.77. The van der Waals surface area contributed by atoms with E-state index in [0.29, 0.717) is 5.02 Å². The minimum atomic E-state index is -0.634. The molecule has 6 nitrogen and oxygen atoms in total. The first kappa shape index (κ1) is 17.0. The molecule has 0 heterocycles. The molecule has 1 aromatic carbocycles. The number of hydrogen-bond donors (Lipinski definition) is 0. The molecule has 0 aromatic heterocycles. The van der Waals surface area contributed by atoms with Crippen LogP contribution >= 0.6 is 11.6 Å². The molecule has 7 heteroatoms. The monoisotopic (exact) mass is 313 g/mol. The zero-order valence-electron chi connectivity index (χ0n) is 12.0. The molecule has 1 aromatic rings. The summed E-state index contributed by atoms with van der Waals surface area (Å²) in [5, 5.41) is 0.428. The third-order valence-electron chi connectivity index (χ3n) is 2.80. The number of esters is 2. The number of amides is 1. The first-order valence-corrected chi connectivity index (χ1v) is 6.46. The Hall–Kier alpha value is -2.08. The molecule has 0 radical (unpaired) electrons. The van der Waals surface area contributed by atoms with Gasteiger partial charge < -0.3 is 14.4 Å². The third kappa shape index (κ3) is 4.75. The van der Waals surface area contributed by atoms with E-state index in [1.807, 2.05) is 0 Å². The maximum atomic E-state index is 12.4. The van der Waals surface area contributed by atoms with Crippen molar-refractivity contribution in [2.24, 2.45) is 0 Å². The molecule has 1 rings (SSSR count). The van der Waals surface area contributed by atoms with Crippen LogP contribution in [0.5, 0.6) is 0 Å². The van der Waals surface area contributed by atoms with E-state index in [1.165, 1.54) is 20.3 Å². The van der Waals surface area contributed by atoms with Crippen molar-refractivity contribution in [3.63, 3.8) is 0 Å². The van der Waals surface area contributed by atoms with Crippen molar-refractivity contribution in [1.29, 1.82) is 0 Å². The van der Waals surface area contributed by atoms with Crippen LogP contribution in [-0.4, -0.2) is 50.1 Å². The Bertz CT molecular complexity index is 540. The predicted octanol–water partition coefficient (Wildman–Crippen LogP) is 1.44. The average Bonchev–Trinajstić information content (AvgIpc) is 2.48.